The number of piperidine rings is 1. The van der Waals surface area contributed by atoms with E-state index in [-0.39, 0.29) is 29.5 Å². The summed E-state index contributed by atoms with van der Waals surface area (Å²) in [6, 6.07) is 6.64. The molecule has 2 aliphatic heterocycles. The normalized spacial score (nSPS) is 25.1. The van der Waals surface area contributed by atoms with Crippen molar-refractivity contribution in [1.82, 2.24) is 9.80 Å². The van der Waals surface area contributed by atoms with Gasteiger partial charge in [-0.05, 0) is 36.5 Å². The number of nitrogens with zero attached hydrogens (tertiary/aromatic N) is 2. The van der Waals surface area contributed by atoms with Crippen LogP contribution in [0.25, 0.3) is 0 Å². The Balaban J connectivity index is 1.61. The van der Waals surface area contributed by atoms with Gasteiger partial charge in [0, 0.05) is 44.9 Å². The van der Waals surface area contributed by atoms with Crippen molar-refractivity contribution in [3.05, 3.63) is 35.6 Å². The molecule has 5 heteroatoms. The van der Waals surface area contributed by atoms with Crippen LogP contribution in [-0.4, -0.2) is 47.8 Å². The van der Waals surface area contributed by atoms with Crippen molar-refractivity contribution in [2.45, 2.75) is 32.6 Å². The van der Waals surface area contributed by atoms with Crippen molar-refractivity contribution in [2.75, 3.05) is 26.2 Å². The smallest absolute Gasteiger partial charge is 0.225 e. The first-order valence-electron chi connectivity index (χ1n) is 8.75. The van der Waals surface area contributed by atoms with Crippen LogP contribution in [0.2, 0.25) is 0 Å². The molecule has 0 bridgehead atoms. The third-order valence-corrected chi connectivity index (χ3v) is 5.51. The number of carbonyl (C=O) groups excluding carboxylic acids is 2. The molecule has 0 spiro atoms. The van der Waals surface area contributed by atoms with Crippen LogP contribution in [-0.2, 0) is 9.59 Å². The van der Waals surface area contributed by atoms with E-state index in [4.69, 9.17) is 0 Å². The Morgan fingerprint density at radius 1 is 1.04 bits per heavy atom. The predicted octanol–water partition coefficient (Wildman–Crippen LogP) is 2.65. The number of halogens is 1. The van der Waals surface area contributed by atoms with Crippen molar-refractivity contribution < 1.29 is 14.0 Å². The SMILES string of the molecule is CC(=O)N1CCC(C(=O)N2C[C@@H](C)[C@H](c3ccc(F)cc3)C2)CC1. The first-order valence-corrected chi connectivity index (χ1v) is 8.75. The van der Waals surface area contributed by atoms with E-state index >= 15 is 0 Å². The lowest BCUT2D eigenvalue weighted by molar-refractivity contribution is -0.139. The molecule has 2 atom stereocenters. The Morgan fingerprint density at radius 3 is 2.25 bits per heavy atom. The molecule has 130 valence electrons. The van der Waals surface area contributed by atoms with Crippen LogP contribution in [0, 0.1) is 17.7 Å². The fourth-order valence-corrected chi connectivity index (χ4v) is 3.99. The molecule has 0 aromatic heterocycles. The Kier molecular flexibility index (Phi) is 4.88. The molecule has 2 amide bonds. The number of hydrogen-bond acceptors (Lipinski definition) is 2. The third-order valence-electron chi connectivity index (χ3n) is 5.51. The molecule has 3 rings (SSSR count). The Bertz CT molecular complexity index is 608. The van der Waals surface area contributed by atoms with E-state index in [0.717, 1.165) is 24.9 Å². The van der Waals surface area contributed by atoms with E-state index in [1.165, 1.54) is 12.1 Å². The van der Waals surface area contributed by atoms with Gasteiger partial charge in [-0.3, -0.25) is 9.59 Å². The van der Waals surface area contributed by atoms with Crippen LogP contribution >= 0.6 is 0 Å². The summed E-state index contributed by atoms with van der Waals surface area (Å²) in [5, 5.41) is 0. The quantitative estimate of drug-likeness (QED) is 0.835. The predicted molar refractivity (Wildman–Crippen MR) is 89.9 cm³/mol. The van der Waals surface area contributed by atoms with E-state index in [1.807, 2.05) is 21.9 Å². The van der Waals surface area contributed by atoms with Gasteiger partial charge in [0.25, 0.3) is 0 Å². The van der Waals surface area contributed by atoms with Gasteiger partial charge in [-0.1, -0.05) is 19.1 Å². The van der Waals surface area contributed by atoms with Crippen molar-refractivity contribution in [1.29, 1.82) is 0 Å². The summed E-state index contributed by atoms with van der Waals surface area (Å²) in [5.41, 5.74) is 1.10. The Hall–Kier alpha value is -1.91. The van der Waals surface area contributed by atoms with Gasteiger partial charge in [0.15, 0.2) is 0 Å². The number of hydrogen-bond donors (Lipinski definition) is 0. The largest absolute Gasteiger partial charge is 0.343 e. The molecule has 0 N–H and O–H groups in total. The molecule has 2 fully saturated rings. The minimum atomic E-state index is -0.227. The highest BCUT2D eigenvalue weighted by Crippen LogP contribution is 2.34. The van der Waals surface area contributed by atoms with E-state index in [1.54, 1.807) is 6.92 Å². The molecule has 0 saturated carbocycles. The molecule has 0 unspecified atom stereocenters. The highest BCUT2D eigenvalue weighted by molar-refractivity contribution is 5.80. The second-order valence-electron chi connectivity index (χ2n) is 7.16. The summed E-state index contributed by atoms with van der Waals surface area (Å²) in [5.74, 6) is 0.750. The first-order chi connectivity index (χ1) is 11.5. The molecule has 1 aromatic carbocycles. The summed E-state index contributed by atoms with van der Waals surface area (Å²) in [7, 11) is 0. The van der Waals surface area contributed by atoms with Gasteiger partial charge in [0.05, 0.1) is 0 Å². The average molecular weight is 332 g/mol. The van der Waals surface area contributed by atoms with Crippen molar-refractivity contribution >= 4 is 11.8 Å². The van der Waals surface area contributed by atoms with Crippen LogP contribution in [0.5, 0.6) is 0 Å². The fourth-order valence-electron chi connectivity index (χ4n) is 3.99. The van der Waals surface area contributed by atoms with Crippen LogP contribution in [0.3, 0.4) is 0 Å². The lowest BCUT2D eigenvalue weighted by Crippen LogP contribution is -2.43. The average Bonchev–Trinajstić information content (AvgIpc) is 2.97. The van der Waals surface area contributed by atoms with E-state index in [0.29, 0.717) is 25.6 Å². The highest BCUT2D eigenvalue weighted by Gasteiger charge is 2.37. The molecular formula is C19H25FN2O2. The van der Waals surface area contributed by atoms with Crippen LogP contribution in [0.4, 0.5) is 4.39 Å². The molecule has 1 aromatic rings. The monoisotopic (exact) mass is 332 g/mol. The molecule has 4 nitrogen and oxygen atoms in total. The number of likely N-dealkylation sites (tertiary alicyclic amines) is 2. The van der Waals surface area contributed by atoms with Gasteiger partial charge < -0.3 is 9.80 Å². The number of amides is 2. The summed E-state index contributed by atoms with van der Waals surface area (Å²) in [4.78, 5) is 28.0. The van der Waals surface area contributed by atoms with E-state index < -0.39 is 0 Å². The standard InChI is InChI=1S/C19H25FN2O2/c1-13-11-22(12-18(13)15-3-5-17(20)6-4-15)19(24)16-7-9-21(10-8-16)14(2)23/h3-6,13,16,18H,7-12H2,1-2H3/t13-,18-/m1/s1. The lowest BCUT2D eigenvalue weighted by atomic mass is 9.90. The highest BCUT2D eigenvalue weighted by atomic mass is 19.1. The third kappa shape index (κ3) is 3.45. The maximum atomic E-state index is 13.1. The van der Waals surface area contributed by atoms with Gasteiger partial charge >= 0.3 is 0 Å². The van der Waals surface area contributed by atoms with Crippen molar-refractivity contribution in [3.63, 3.8) is 0 Å². The molecular weight excluding hydrogens is 307 g/mol. The first kappa shape index (κ1) is 16.9. The molecule has 0 aliphatic carbocycles. The summed E-state index contributed by atoms with van der Waals surface area (Å²) in [6.07, 6.45) is 1.51. The molecule has 2 saturated heterocycles. The van der Waals surface area contributed by atoms with E-state index in [2.05, 4.69) is 6.92 Å². The van der Waals surface area contributed by atoms with Crippen molar-refractivity contribution in [3.8, 4) is 0 Å². The van der Waals surface area contributed by atoms with Crippen molar-refractivity contribution in [2.24, 2.45) is 11.8 Å². The van der Waals surface area contributed by atoms with Gasteiger partial charge in [-0.25, -0.2) is 4.39 Å². The summed E-state index contributed by atoms with van der Waals surface area (Å²) in [6.45, 7) is 6.55. The van der Waals surface area contributed by atoms with Gasteiger partial charge in [-0.15, -0.1) is 0 Å². The second-order valence-corrected chi connectivity index (χ2v) is 7.16. The van der Waals surface area contributed by atoms with E-state index in [9.17, 15) is 14.0 Å². The maximum Gasteiger partial charge on any atom is 0.225 e. The summed E-state index contributed by atoms with van der Waals surface area (Å²) < 4.78 is 13.1. The zero-order valence-corrected chi connectivity index (χ0v) is 14.4. The Morgan fingerprint density at radius 2 is 1.67 bits per heavy atom. The molecule has 24 heavy (non-hydrogen) atoms. The van der Waals surface area contributed by atoms with Gasteiger partial charge in [-0.2, -0.15) is 0 Å². The zero-order valence-electron chi connectivity index (χ0n) is 14.4. The van der Waals surface area contributed by atoms with Crippen LogP contribution in [0.1, 0.15) is 38.2 Å². The van der Waals surface area contributed by atoms with Gasteiger partial charge in [0.1, 0.15) is 5.82 Å². The fraction of sp³-hybridized carbons (Fsp3) is 0.579. The van der Waals surface area contributed by atoms with Gasteiger partial charge in [0.2, 0.25) is 11.8 Å². The number of benzene rings is 1. The van der Waals surface area contributed by atoms with Crippen LogP contribution in [0.15, 0.2) is 24.3 Å². The molecule has 2 heterocycles. The van der Waals surface area contributed by atoms with Crippen LogP contribution < -0.4 is 0 Å². The topological polar surface area (TPSA) is 40.6 Å². The minimum Gasteiger partial charge on any atom is -0.343 e. The molecule has 0 radical (unpaired) electrons. The number of rotatable bonds is 2. The lowest BCUT2D eigenvalue weighted by Gasteiger charge is -2.32. The number of carbonyl (C=O) groups is 2. The minimum absolute atomic E-state index is 0.0276. The maximum absolute atomic E-state index is 13.1. The second kappa shape index (κ2) is 6.91. The summed E-state index contributed by atoms with van der Waals surface area (Å²) >= 11 is 0. The molecule has 2 aliphatic rings. The Labute approximate surface area is 142 Å². The zero-order chi connectivity index (χ0) is 17.3.